The highest BCUT2D eigenvalue weighted by molar-refractivity contribution is 9.10. The molecule has 0 saturated carbocycles. The molecule has 0 amide bonds. The molecule has 1 unspecified atom stereocenters. The maximum atomic E-state index is 10.9. The minimum Gasteiger partial charge on any atom is -0.374 e. The van der Waals surface area contributed by atoms with E-state index < -0.39 is 0 Å². The molecular weight excluding hydrogens is 326 g/mol. The third-order valence-electron chi connectivity index (χ3n) is 3.25. The van der Waals surface area contributed by atoms with E-state index in [9.17, 15) is 10.1 Å². The first-order valence-corrected chi connectivity index (χ1v) is 7.29. The highest BCUT2D eigenvalue weighted by Gasteiger charge is 2.17. The van der Waals surface area contributed by atoms with Gasteiger partial charge in [-0.25, -0.2) is 0 Å². The molecule has 6 nitrogen and oxygen atoms in total. The Hall–Kier alpha value is -1.02. The Morgan fingerprint density at radius 3 is 3.10 bits per heavy atom. The summed E-state index contributed by atoms with van der Waals surface area (Å²) in [6, 6.07) is 5.17. The Morgan fingerprint density at radius 2 is 2.40 bits per heavy atom. The lowest BCUT2D eigenvalue weighted by molar-refractivity contribution is -0.385. The lowest BCUT2D eigenvalue weighted by Gasteiger charge is -2.30. The monoisotopic (exact) mass is 343 g/mol. The van der Waals surface area contributed by atoms with Crippen molar-refractivity contribution < 1.29 is 9.66 Å². The number of hydrogen-bond donors (Lipinski definition) is 1. The van der Waals surface area contributed by atoms with E-state index in [0.29, 0.717) is 11.0 Å². The molecule has 1 aliphatic heterocycles. The minimum atomic E-state index is -0.382. The van der Waals surface area contributed by atoms with Crippen LogP contribution in [0.15, 0.2) is 22.7 Å². The maximum Gasteiger partial charge on any atom is 0.283 e. The number of benzene rings is 1. The molecule has 0 bridgehead atoms. The fourth-order valence-corrected chi connectivity index (χ4v) is 2.57. The fourth-order valence-electron chi connectivity index (χ4n) is 2.18. The van der Waals surface area contributed by atoms with Crippen LogP contribution in [0.4, 0.5) is 5.69 Å². The number of ether oxygens (including phenoxy) is 1. The summed E-state index contributed by atoms with van der Waals surface area (Å²) in [5.41, 5.74) is 0.988. The SMILES string of the molecule is CN1CCOC(CNCc2ccc(Br)c([N+](=O)[O-])c2)C1. The van der Waals surface area contributed by atoms with Gasteiger partial charge < -0.3 is 15.0 Å². The normalized spacial score (nSPS) is 20.0. The highest BCUT2D eigenvalue weighted by atomic mass is 79.9. The smallest absolute Gasteiger partial charge is 0.283 e. The molecule has 0 aliphatic carbocycles. The van der Waals surface area contributed by atoms with Gasteiger partial charge in [-0.1, -0.05) is 6.07 Å². The summed E-state index contributed by atoms with van der Waals surface area (Å²) in [5.74, 6) is 0. The molecule has 1 atom stereocenters. The molecule has 110 valence electrons. The number of nitro benzene ring substituents is 1. The molecule has 1 aromatic rings. The topological polar surface area (TPSA) is 67.6 Å². The lowest BCUT2D eigenvalue weighted by Crippen LogP contribution is -2.44. The fraction of sp³-hybridized carbons (Fsp3) is 0.538. The second-order valence-corrected chi connectivity index (χ2v) is 5.78. The average Bonchev–Trinajstić information content (AvgIpc) is 2.40. The second kappa shape index (κ2) is 7.12. The van der Waals surface area contributed by atoms with Crippen LogP contribution in [-0.2, 0) is 11.3 Å². The highest BCUT2D eigenvalue weighted by Crippen LogP contribution is 2.25. The van der Waals surface area contributed by atoms with Crippen molar-refractivity contribution in [3.05, 3.63) is 38.3 Å². The van der Waals surface area contributed by atoms with Crippen molar-refractivity contribution in [3.8, 4) is 0 Å². The van der Waals surface area contributed by atoms with Gasteiger partial charge in [0.1, 0.15) is 0 Å². The van der Waals surface area contributed by atoms with E-state index in [-0.39, 0.29) is 16.7 Å². The van der Waals surface area contributed by atoms with Crippen LogP contribution in [0.5, 0.6) is 0 Å². The van der Waals surface area contributed by atoms with E-state index in [1.807, 2.05) is 6.07 Å². The number of nitrogens with zero attached hydrogens (tertiary/aromatic N) is 2. The Kier molecular flexibility index (Phi) is 5.47. The second-order valence-electron chi connectivity index (χ2n) is 4.93. The molecule has 1 aromatic carbocycles. The van der Waals surface area contributed by atoms with Gasteiger partial charge in [0.2, 0.25) is 0 Å². The van der Waals surface area contributed by atoms with Crippen LogP contribution in [0.25, 0.3) is 0 Å². The van der Waals surface area contributed by atoms with Crippen molar-refractivity contribution in [1.29, 1.82) is 0 Å². The van der Waals surface area contributed by atoms with Gasteiger partial charge in [0.05, 0.1) is 22.1 Å². The van der Waals surface area contributed by atoms with E-state index in [2.05, 4.69) is 33.2 Å². The molecule has 1 aliphatic rings. The summed E-state index contributed by atoms with van der Waals surface area (Å²) >= 11 is 3.18. The van der Waals surface area contributed by atoms with Crippen molar-refractivity contribution in [2.24, 2.45) is 0 Å². The van der Waals surface area contributed by atoms with Gasteiger partial charge in [0.15, 0.2) is 0 Å². The molecule has 1 fully saturated rings. The number of halogens is 1. The van der Waals surface area contributed by atoms with Crippen molar-refractivity contribution in [1.82, 2.24) is 10.2 Å². The van der Waals surface area contributed by atoms with Gasteiger partial charge in [-0.3, -0.25) is 10.1 Å². The Morgan fingerprint density at radius 1 is 1.60 bits per heavy atom. The van der Waals surface area contributed by atoms with Crippen LogP contribution in [0.2, 0.25) is 0 Å². The number of nitro groups is 1. The summed E-state index contributed by atoms with van der Waals surface area (Å²) in [4.78, 5) is 12.7. The summed E-state index contributed by atoms with van der Waals surface area (Å²) < 4.78 is 6.15. The molecule has 0 aromatic heterocycles. The Balaban J connectivity index is 1.85. The molecule has 2 rings (SSSR count). The van der Waals surface area contributed by atoms with E-state index in [1.165, 1.54) is 0 Å². The van der Waals surface area contributed by atoms with Gasteiger partial charge in [-0.2, -0.15) is 0 Å². The maximum absolute atomic E-state index is 10.9. The zero-order chi connectivity index (χ0) is 14.5. The average molecular weight is 344 g/mol. The quantitative estimate of drug-likeness (QED) is 0.651. The van der Waals surface area contributed by atoms with E-state index in [0.717, 1.165) is 31.8 Å². The lowest BCUT2D eigenvalue weighted by atomic mass is 10.2. The molecule has 7 heteroatoms. The zero-order valence-corrected chi connectivity index (χ0v) is 12.9. The van der Waals surface area contributed by atoms with Gasteiger partial charge in [0.25, 0.3) is 5.69 Å². The first-order valence-electron chi connectivity index (χ1n) is 6.50. The molecule has 1 heterocycles. The number of rotatable bonds is 5. The molecule has 1 N–H and O–H groups in total. The summed E-state index contributed by atoms with van der Waals surface area (Å²) in [6.07, 6.45) is 0.180. The number of hydrogen-bond acceptors (Lipinski definition) is 5. The van der Waals surface area contributed by atoms with Gasteiger partial charge in [-0.05, 0) is 34.6 Å². The molecule has 1 saturated heterocycles. The van der Waals surface area contributed by atoms with Crippen LogP contribution in [-0.4, -0.2) is 49.2 Å². The predicted molar refractivity (Wildman–Crippen MR) is 79.7 cm³/mol. The third kappa shape index (κ3) is 4.24. The molecule has 0 spiro atoms. The molecular formula is C13H18BrN3O3. The van der Waals surface area contributed by atoms with Crippen LogP contribution < -0.4 is 5.32 Å². The Labute approximate surface area is 126 Å². The van der Waals surface area contributed by atoms with Gasteiger partial charge >= 0.3 is 0 Å². The first kappa shape index (κ1) is 15.4. The van der Waals surface area contributed by atoms with Crippen LogP contribution >= 0.6 is 15.9 Å². The summed E-state index contributed by atoms with van der Waals surface area (Å²) in [6.45, 7) is 3.97. The van der Waals surface area contributed by atoms with Crippen LogP contribution in [0.3, 0.4) is 0 Å². The van der Waals surface area contributed by atoms with Crippen molar-refractivity contribution in [3.63, 3.8) is 0 Å². The van der Waals surface area contributed by atoms with Crippen molar-refractivity contribution in [2.75, 3.05) is 33.3 Å². The summed E-state index contributed by atoms with van der Waals surface area (Å²) in [7, 11) is 2.08. The van der Waals surface area contributed by atoms with E-state index >= 15 is 0 Å². The third-order valence-corrected chi connectivity index (χ3v) is 3.92. The largest absolute Gasteiger partial charge is 0.374 e. The number of likely N-dealkylation sites (N-methyl/N-ethyl adjacent to an activating group) is 1. The Bertz CT molecular complexity index is 484. The predicted octanol–water partition coefficient (Wildman–Crippen LogP) is 1.78. The van der Waals surface area contributed by atoms with E-state index in [1.54, 1.807) is 12.1 Å². The number of nitrogens with one attached hydrogen (secondary N) is 1. The van der Waals surface area contributed by atoms with Crippen molar-refractivity contribution >= 4 is 21.6 Å². The number of morpholine rings is 1. The first-order chi connectivity index (χ1) is 9.56. The van der Waals surface area contributed by atoms with Gasteiger partial charge in [0, 0.05) is 32.2 Å². The van der Waals surface area contributed by atoms with Crippen molar-refractivity contribution in [2.45, 2.75) is 12.6 Å². The van der Waals surface area contributed by atoms with Crippen LogP contribution in [0, 0.1) is 10.1 Å². The minimum absolute atomic E-state index is 0.0953. The van der Waals surface area contributed by atoms with Crippen LogP contribution in [0.1, 0.15) is 5.56 Å². The zero-order valence-electron chi connectivity index (χ0n) is 11.3. The van der Waals surface area contributed by atoms with Gasteiger partial charge in [-0.15, -0.1) is 0 Å². The standard InChI is InChI=1S/C13H18BrN3O3/c1-16-4-5-20-11(9-16)8-15-7-10-2-3-12(14)13(6-10)17(18)19/h2-3,6,11,15H,4-5,7-9H2,1H3. The van der Waals surface area contributed by atoms with E-state index in [4.69, 9.17) is 4.74 Å². The molecule has 0 radical (unpaired) electrons. The molecule has 20 heavy (non-hydrogen) atoms. The summed E-state index contributed by atoms with van der Waals surface area (Å²) in [5, 5.41) is 14.1.